The van der Waals surface area contributed by atoms with Gasteiger partial charge in [0.15, 0.2) is 0 Å². The van der Waals surface area contributed by atoms with Crippen LogP contribution in [0.25, 0.3) is 0 Å². The molecule has 14 heavy (non-hydrogen) atoms. The maximum atomic E-state index is 11.2. The molecule has 1 fully saturated rings. The SMILES string of the molecule is COC(=O)c1ccc(CC2CNC2)s1. The Morgan fingerprint density at radius 3 is 3.00 bits per heavy atom. The standard InChI is InChI=1S/C10H13NO2S/c1-13-10(12)9-3-2-8(14-9)4-7-5-11-6-7/h2-3,7,11H,4-6H2,1H3. The van der Waals surface area contributed by atoms with Crippen molar-refractivity contribution in [2.24, 2.45) is 5.92 Å². The molecule has 2 heterocycles. The number of methoxy groups -OCH3 is 1. The largest absolute Gasteiger partial charge is 0.465 e. The van der Waals surface area contributed by atoms with Gasteiger partial charge in [0, 0.05) is 4.88 Å². The van der Waals surface area contributed by atoms with Crippen LogP contribution in [0.2, 0.25) is 0 Å². The Morgan fingerprint density at radius 2 is 2.43 bits per heavy atom. The van der Waals surface area contributed by atoms with Gasteiger partial charge < -0.3 is 10.1 Å². The summed E-state index contributed by atoms with van der Waals surface area (Å²) in [4.78, 5) is 13.2. The second-order valence-electron chi connectivity index (χ2n) is 3.49. The van der Waals surface area contributed by atoms with Gasteiger partial charge in [-0.1, -0.05) is 0 Å². The summed E-state index contributed by atoms with van der Waals surface area (Å²) < 4.78 is 4.65. The molecule has 0 aromatic carbocycles. The minimum absolute atomic E-state index is 0.229. The predicted molar refractivity (Wildman–Crippen MR) is 55.7 cm³/mol. The highest BCUT2D eigenvalue weighted by molar-refractivity contribution is 7.13. The zero-order valence-electron chi connectivity index (χ0n) is 8.08. The predicted octanol–water partition coefficient (Wildman–Crippen LogP) is 1.30. The molecule has 1 N–H and O–H groups in total. The molecule has 0 amide bonds. The van der Waals surface area contributed by atoms with Crippen molar-refractivity contribution in [1.82, 2.24) is 5.32 Å². The smallest absolute Gasteiger partial charge is 0.348 e. The number of rotatable bonds is 3. The van der Waals surface area contributed by atoms with Crippen LogP contribution in [-0.4, -0.2) is 26.2 Å². The maximum absolute atomic E-state index is 11.2. The molecule has 0 unspecified atom stereocenters. The van der Waals surface area contributed by atoms with E-state index in [0.29, 0.717) is 4.88 Å². The van der Waals surface area contributed by atoms with Crippen LogP contribution >= 0.6 is 11.3 Å². The molecular formula is C10H13NO2S. The molecule has 2 rings (SSSR count). The van der Waals surface area contributed by atoms with Crippen molar-refractivity contribution in [3.8, 4) is 0 Å². The molecule has 76 valence electrons. The fraction of sp³-hybridized carbons (Fsp3) is 0.500. The third kappa shape index (κ3) is 1.96. The van der Waals surface area contributed by atoms with Crippen molar-refractivity contribution >= 4 is 17.3 Å². The lowest BCUT2D eigenvalue weighted by atomic mass is 9.99. The molecule has 0 radical (unpaired) electrons. The molecule has 1 aliphatic heterocycles. The van der Waals surface area contributed by atoms with Crippen molar-refractivity contribution in [3.05, 3.63) is 21.9 Å². The monoisotopic (exact) mass is 211 g/mol. The highest BCUT2D eigenvalue weighted by atomic mass is 32.1. The Bertz CT molecular complexity index is 331. The maximum Gasteiger partial charge on any atom is 0.348 e. The Balaban J connectivity index is 1.98. The number of carbonyl (C=O) groups excluding carboxylic acids is 1. The fourth-order valence-electron chi connectivity index (χ4n) is 1.48. The van der Waals surface area contributed by atoms with Gasteiger partial charge in [-0.2, -0.15) is 0 Å². The molecule has 1 aromatic rings. The van der Waals surface area contributed by atoms with Gasteiger partial charge >= 0.3 is 5.97 Å². The minimum Gasteiger partial charge on any atom is -0.465 e. The average molecular weight is 211 g/mol. The van der Waals surface area contributed by atoms with Gasteiger partial charge in [0.2, 0.25) is 0 Å². The average Bonchev–Trinajstić information content (AvgIpc) is 2.58. The summed E-state index contributed by atoms with van der Waals surface area (Å²) in [7, 11) is 1.41. The summed E-state index contributed by atoms with van der Waals surface area (Å²) in [5, 5.41) is 3.24. The van der Waals surface area contributed by atoms with Crippen molar-refractivity contribution in [2.75, 3.05) is 20.2 Å². The zero-order chi connectivity index (χ0) is 9.97. The first kappa shape index (κ1) is 9.68. The Hall–Kier alpha value is -0.870. The van der Waals surface area contributed by atoms with Crippen molar-refractivity contribution in [1.29, 1.82) is 0 Å². The summed E-state index contributed by atoms with van der Waals surface area (Å²) in [6, 6.07) is 3.87. The van der Waals surface area contributed by atoms with E-state index in [4.69, 9.17) is 0 Å². The normalized spacial score (nSPS) is 16.4. The van der Waals surface area contributed by atoms with E-state index < -0.39 is 0 Å². The van der Waals surface area contributed by atoms with Crippen LogP contribution in [0, 0.1) is 5.92 Å². The molecule has 1 aromatic heterocycles. The first-order valence-corrected chi connectivity index (χ1v) is 5.49. The number of thiophene rings is 1. The van der Waals surface area contributed by atoms with E-state index in [2.05, 4.69) is 10.1 Å². The topological polar surface area (TPSA) is 38.3 Å². The number of hydrogen-bond acceptors (Lipinski definition) is 4. The van der Waals surface area contributed by atoms with E-state index in [1.165, 1.54) is 12.0 Å². The molecule has 1 aliphatic rings. The Labute approximate surface area is 87.1 Å². The molecule has 4 heteroatoms. The second-order valence-corrected chi connectivity index (χ2v) is 4.65. The van der Waals surface area contributed by atoms with Crippen molar-refractivity contribution in [3.63, 3.8) is 0 Å². The van der Waals surface area contributed by atoms with Gasteiger partial charge in [0.1, 0.15) is 4.88 Å². The van der Waals surface area contributed by atoms with Gasteiger partial charge in [-0.3, -0.25) is 0 Å². The van der Waals surface area contributed by atoms with E-state index >= 15 is 0 Å². The number of ether oxygens (including phenoxy) is 1. The lowest BCUT2D eigenvalue weighted by Crippen LogP contribution is -2.42. The van der Waals surface area contributed by atoms with Gasteiger partial charge in [-0.15, -0.1) is 11.3 Å². The molecule has 3 nitrogen and oxygen atoms in total. The Kier molecular flexibility index (Phi) is 2.84. The molecule has 0 bridgehead atoms. The summed E-state index contributed by atoms with van der Waals surface area (Å²) >= 11 is 1.54. The number of esters is 1. The molecular weight excluding hydrogens is 198 g/mol. The number of carbonyl (C=O) groups is 1. The van der Waals surface area contributed by atoms with E-state index in [9.17, 15) is 4.79 Å². The number of hydrogen-bond donors (Lipinski definition) is 1. The molecule has 1 saturated heterocycles. The lowest BCUT2D eigenvalue weighted by molar-refractivity contribution is 0.0606. The van der Waals surface area contributed by atoms with Gasteiger partial charge in [0.05, 0.1) is 7.11 Å². The van der Waals surface area contributed by atoms with Crippen LogP contribution in [0.1, 0.15) is 14.5 Å². The third-order valence-corrected chi connectivity index (χ3v) is 3.49. The number of nitrogens with one attached hydrogen (secondary N) is 1. The zero-order valence-corrected chi connectivity index (χ0v) is 8.89. The highest BCUT2D eigenvalue weighted by Crippen LogP contribution is 2.21. The van der Waals surface area contributed by atoms with E-state index in [0.717, 1.165) is 25.4 Å². The summed E-state index contributed by atoms with van der Waals surface area (Å²) in [6.07, 6.45) is 1.08. The first-order chi connectivity index (χ1) is 6.79. The van der Waals surface area contributed by atoms with Crippen LogP contribution in [0.3, 0.4) is 0 Å². The summed E-state index contributed by atoms with van der Waals surface area (Å²) in [5.74, 6) is 0.520. The van der Waals surface area contributed by atoms with Crippen molar-refractivity contribution < 1.29 is 9.53 Å². The van der Waals surface area contributed by atoms with E-state index in [-0.39, 0.29) is 5.97 Å². The third-order valence-electron chi connectivity index (χ3n) is 2.40. The van der Waals surface area contributed by atoms with Crippen LogP contribution in [0.15, 0.2) is 12.1 Å². The Morgan fingerprint density at radius 1 is 1.64 bits per heavy atom. The van der Waals surface area contributed by atoms with Gasteiger partial charge in [0.25, 0.3) is 0 Å². The quantitative estimate of drug-likeness (QED) is 0.766. The van der Waals surface area contributed by atoms with Gasteiger partial charge in [-0.25, -0.2) is 4.79 Å². The van der Waals surface area contributed by atoms with Crippen LogP contribution in [0.5, 0.6) is 0 Å². The molecule has 0 aliphatic carbocycles. The van der Waals surface area contributed by atoms with Crippen LogP contribution in [0.4, 0.5) is 0 Å². The van der Waals surface area contributed by atoms with Crippen LogP contribution < -0.4 is 5.32 Å². The van der Waals surface area contributed by atoms with Crippen LogP contribution in [-0.2, 0) is 11.2 Å². The second kappa shape index (κ2) is 4.11. The highest BCUT2D eigenvalue weighted by Gasteiger charge is 2.18. The summed E-state index contributed by atoms with van der Waals surface area (Å²) in [5.41, 5.74) is 0. The van der Waals surface area contributed by atoms with E-state index in [1.807, 2.05) is 12.1 Å². The molecule has 0 saturated carbocycles. The van der Waals surface area contributed by atoms with Gasteiger partial charge in [-0.05, 0) is 37.6 Å². The van der Waals surface area contributed by atoms with E-state index in [1.54, 1.807) is 11.3 Å². The molecule has 0 spiro atoms. The van der Waals surface area contributed by atoms with Crippen molar-refractivity contribution in [2.45, 2.75) is 6.42 Å². The summed E-state index contributed by atoms with van der Waals surface area (Å²) in [6.45, 7) is 2.21. The first-order valence-electron chi connectivity index (χ1n) is 4.67. The minimum atomic E-state index is -0.229. The lowest BCUT2D eigenvalue weighted by Gasteiger charge is -2.26. The molecule has 0 atom stereocenters. The fourth-order valence-corrected chi connectivity index (χ4v) is 2.52.